The van der Waals surface area contributed by atoms with Crippen molar-refractivity contribution in [2.45, 2.75) is 6.42 Å². The van der Waals surface area contributed by atoms with Crippen molar-refractivity contribution in [3.63, 3.8) is 0 Å². The Bertz CT molecular complexity index is 691. The minimum atomic E-state index is -0.867. The fourth-order valence-corrected chi connectivity index (χ4v) is 2.24. The molecule has 2 aromatic rings. The second-order valence-corrected chi connectivity index (χ2v) is 5.70. The summed E-state index contributed by atoms with van der Waals surface area (Å²) >= 11 is 3.10. The lowest BCUT2D eigenvalue weighted by Gasteiger charge is -2.07. The molecule has 0 aliphatic heterocycles. The zero-order valence-corrected chi connectivity index (χ0v) is 13.8. The number of esters is 1. The molecule has 0 atom stereocenters. The van der Waals surface area contributed by atoms with E-state index < -0.39 is 24.3 Å². The molecule has 0 saturated carbocycles. The summed E-state index contributed by atoms with van der Waals surface area (Å²) in [6, 6.07) is 13.7. The first-order valence-electron chi connectivity index (χ1n) is 6.99. The maximum atomic E-state index is 13.6. The number of hydrogen-bond donors (Lipinski definition) is 1. The molecule has 0 bridgehead atoms. The smallest absolute Gasteiger partial charge is 0.341 e. The highest BCUT2D eigenvalue weighted by atomic mass is 79.9. The maximum absolute atomic E-state index is 13.6. The predicted molar refractivity (Wildman–Crippen MR) is 87.5 cm³/mol. The standard InChI is InChI=1S/C17H15BrFNO3/c18-13-6-7-14(15(19)10-13)17(22)23-11-16(21)20-9-8-12-4-2-1-3-5-12/h1-7,10H,8-9,11H2,(H,20,21). The van der Waals surface area contributed by atoms with Gasteiger partial charge in [0.25, 0.3) is 5.91 Å². The summed E-state index contributed by atoms with van der Waals surface area (Å²) in [5.41, 5.74) is 0.895. The van der Waals surface area contributed by atoms with Crippen LogP contribution in [0.15, 0.2) is 53.0 Å². The molecular formula is C17H15BrFNO3. The van der Waals surface area contributed by atoms with Crippen LogP contribution in [0.1, 0.15) is 15.9 Å². The zero-order chi connectivity index (χ0) is 16.7. The van der Waals surface area contributed by atoms with Gasteiger partial charge in [-0.25, -0.2) is 9.18 Å². The van der Waals surface area contributed by atoms with Crippen molar-refractivity contribution in [2.24, 2.45) is 0 Å². The van der Waals surface area contributed by atoms with E-state index in [4.69, 9.17) is 4.74 Å². The Labute approximate surface area is 141 Å². The van der Waals surface area contributed by atoms with Gasteiger partial charge in [-0.2, -0.15) is 0 Å². The van der Waals surface area contributed by atoms with Gasteiger partial charge < -0.3 is 10.1 Å². The van der Waals surface area contributed by atoms with Crippen molar-refractivity contribution in [1.29, 1.82) is 0 Å². The van der Waals surface area contributed by atoms with E-state index in [1.807, 2.05) is 30.3 Å². The molecule has 23 heavy (non-hydrogen) atoms. The fourth-order valence-electron chi connectivity index (χ4n) is 1.91. The molecule has 1 amide bonds. The molecule has 0 fully saturated rings. The van der Waals surface area contributed by atoms with Crippen molar-refractivity contribution < 1.29 is 18.7 Å². The lowest BCUT2D eigenvalue weighted by atomic mass is 10.1. The first kappa shape index (κ1) is 17.1. The van der Waals surface area contributed by atoms with Crippen LogP contribution in [0.2, 0.25) is 0 Å². The van der Waals surface area contributed by atoms with Crippen LogP contribution in [0.3, 0.4) is 0 Å². The van der Waals surface area contributed by atoms with E-state index in [1.165, 1.54) is 12.1 Å². The lowest BCUT2D eigenvalue weighted by molar-refractivity contribution is -0.124. The van der Waals surface area contributed by atoms with E-state index in [2.05, 4.69) is 21.2 Å². The predicted octanol–water partition coefficient (Wildman–Crippen LogP) is 3.10. The molecule has 120 valence electrons. The summed E-state index contributed by atoms with van der Waals surface area (Å²) in [6.45, 7) is -0.00380. The van der Waals surface area contributed by atoms with Crippen molar-refractivity contribution in [1.82, 2.24) is 5.32 Å². The van der Waals surface area contributed by atoms with Crippen LogP contribution >= 0.6 is 15.9 Å². The molecule has 0 aliphatic carbocycles. The van der Waals surface area contributed by atoms with Crippen molar-refractivity contribution in [3.05, 3.63) is 69.9 Å². The van der Waals surface area contributed by atoms with Gasteiger partial charge in [0.1, 0.15) is 5.82 Å². The van der Waals surface area contributed by atoms with Gasteiger partial charge in [0, 0.05) is 11.0 Å². The number of hydrogen-bond acceptors (Lipinski definition) is 3. The highest BCUT2D eigenvalue weighted by Gasteiger charge is 2.14. The van der Waals surface area contributed by atoms with Gasteiger partial charge in [0.05, 0.1) is 5.56 Å². The Kier molecular flexibility index (Phi) is 6.29. The third kappa shape index (κ3) is 5.49. The van der Waals surface area contributed by atoms with Crippen LogP contribution in [-0.2, 0) is 16.0 Å². The van der Waals surface area contributed by atoms with Crippen LogP contribution in [0.5, 0.6) is 0 Å². The van der Waals surface area contributed by atoms with Crippen molar-refractivity contribution >= 4 is 27.8 Å². The number of halogens is 2. The Morgan fingerprint density at radius 3 is 2.57 bits per heavy atom. The molecule has 0 aromatic heterocycles. The number of benzene rings is 2. The number of amides is 1. The van der Waals surface area contributed by atoms with Gasteiger partial charge in [-0.3, -0.25) is 4.79 Å². The van der Waals surface area contributed by atoms with E-state index in [0.717, 1.165) is 11.6 Å². The highest BCUT2D eigenvalue weighted by molar-refractivity contribution is 9.10. The monoisotopic (exact) mass is 379 g/mol. The first-order chi connectivity index (χ1) is 11.1. The molecule has 0 aliphatic rings. The van der Waals surface area contributed by atoms with Gasteiger partial charge in [0.2, 0.25) is 0 Å². The number of carbonyl (C=O) groups is 2. The lowest BCUT2D eigenvalue weighted by Crippen LogP contribution is -2.30. The van der Waals surface area contributed by atoms with E-state index in [-0.39, 0.29) is 5.56 Å². The quantitative estimate of drug-likeness (QED) is 0.784. The number of rotatable bonds is 6. The topological polar surface area (TPSA) is 55.4 Å². The van der Waals surface area contributed by atoms with E-state index in [0.29, 0.717) is 17.4 Å². The van der Waals surface area contributed by atoms with Crippen molar-refractivity contribution in [2.75, 3.05) is 13.2 Å². The molecule has 0 radical (unpaired) electrons. The molecular weight excluding hydrogens is 365 g/mol. The summed E-state index contributed by atoms with van der Waals surface area (Å²) in [5, 5.41) is 2.64. The Hall–Kier alpha value is -2.21. The molecule has 2 rings (SSSR count). The SMILES string of the molecule is O=C(COC(=O)c1ccc(Br)cc1F)NCCc1ccccc1. The Morgan fingerprint density at radius 1 is 1.13 bits per heavy atom. The third-order valence-corrected chi connectivity index (χ3v) is 3.56. The molecule has 6 heteroatoms. The summed E-state index contributed by atoms with van der Waals surface area (Å²) in [7, 11) is 0. The minimum absolute atomic E-state index is 0.203. The normalized spacial score (nSPS) is 10.2. The molecule has 0 spiro atoms. The largest absolute Gasteiger partial charge is 0.452 e. The molecule has 2 aromatic carbocycles. The second-order valence-electron chi connectivity index (χ2n) is 4.79. The summed E-state index contributed by atoms with van der Waals surface area (Å²) in [5.74, 6) is -1.99. The van der Waals surface area contributed by atoms with Gasteiger partial charge in [-0.05, 0) is 30.2 Å². The van der Waals surface area contributed by atoms with Gasteiger partial charge in [0.15, 0.2) is 6.61 Å². The van der Waals surface area contributed by atoms with Crippen LogP contribution in [0, 0.1) is 5.82 Å². The zero-order valence-electron chi connectivity index (χ0n) is 12.2. The third-order valence-electron chi connectivity index (χ3n) is 3.06. The Morgan fingerprint density at radius 2 is 1.87 bits per heavy atom. The molecule has 4 nitrogen and oxygen atoms in total. The number of carbonyl (C=O) groups excluding carboxylic acids is 2. The fraction of sp³-hybridized carbons (Fsp3) is 0.176. The van der Waals surface area contributed by atoms with Crippen LogP contribution in [0.4, 0.5) is 4.39 Å². The van der Waals surface area contributed by atoms with Crippen molar-refractivity contribution in [3.8, 4) is 0 Å². The number of ether oxygens (including phenoxy) is 1. The Balaban J connectivity index is 1.74. The average Bonchev–Trinajstić information content (AvgIpc) is 2.53. The van der Waals surface area contributed by atoms with E-state index in [9.17, 15) is 14.0 Å². The molecule has 0 unspecified atom stereocenters. The first-order valence-corrected chi connectivity index (χ1v) is 7.78. The van der Waals surface area contributed by atoms with Gasteiger partial charge in [-0.1, -0.05) is 46.3 Å². The molecule has 0 heterocycles. The van der Waals surface area contributed by atoms with E-state index >= 15 is 0 Å². The second kappa shape index (κ2) is 8.43. The maximum Gasteiger partial charge on any atom is 0.341 e. The van der Waals surface area contributed by atoms with E-state index in [1.54, 1.807) is 0 Å². The molecule has 0 saturated heterocycles. The number of nitrogens with one attached hydrogen (secondary N) is 1. The van der Waals surface area contributed by atoms with Crippen LogP contribution < -0.4 is 5.32 Å². The van der Waals surface area contributed by atoms with Gasteiger partial charge in [-0.15, -0.1) is 0 Å². The van der Waals surface area contributed by atoms with Crippen LogP contribution in [0.25, 0.3) is 0 Å². The summed E-state index contributed by atoms with van der Waals surface area (Å²) in [6.07, 6.45) is 0.682. The highest BCUT2D eigenvalue weighted by Crippen LogP contribution is 2.15. The van der Waals surface area contributed by atoms with Gasteiger partial charge >= 0.3 is 5.97 Å². The minimum Gasteiger partial charge on any atom is -0.452 e. The molecule has 1 N–H and O–H groups in total. The average molecular weight is 380 g/mol. The van der Waals surface area contributed by atoms with Crippen LogP contribution in [-0.4, -0.2) is 25.0 Å². The summed E-state index contributed by atoms with van der Waals surface area (Å²) in [4.78, 5) is 23.3. The summed E-state index contributed by atoms with van der Waals surface area (Å²) < 4.78 is 18.9.